The summed E-state index contributed by atoms with van der Waals surface area (Å²) in [6.07, 6.45) is 3.41. The smallest absolute Gasteiger partial charge is 0.170 e. The number of pyridine rings is 1. The van der Waals surface area contributed by atoms with Crippen LogP contribution in [0.2, 0.25) is 30.8 Å². The molecule has 0 atom stereocenters. The van der Waals surface area contributed by atoms with E-state index in [0.717, 1.165) is 12.3 Å². The molecular weight excluding hydrogens is 435 g/mol. The van der Waals surface area contributed by atoms with Gasteiger partial charge in [0.25, 0.3) is 0 Å². The number of halogens is 2. The van der Waals surface area contributed by atoms with Gasteiger partial charge in [0.1, 0.15) is 22.4 Å². The molecule has 0 saturated heterocycles. The van der Waals surface area contributed by atoms with Gasteiger partial charge in [-0.2, -0.15) is 5.10 Å². The average molecular weight is 461 g/mol. The fraction of sp³-hybridized carbons (Fsp3) is 0.556. The summed E-state index contributed by atoms with van der Waals surface area (Å²) in [7, 11) is -4.68. The van der Waals surface area contributed by atoms with Gasteiger partial charge in [-0.1, -0.05) is 31.2 Å². The Kier molecular flexibility index (Phi) is 6.10. The van der Waals surface area contributed by atoms with Gasteiger partial charge in [0.05, 0.1) is 6.20 Å². The van der Waals surface area contributed by atoms with Gasteiger partial charge in [-0.05, 0) is 25.0 Å². The van der Waals surface area contributed by atoms with Crippen LogP contribution in [0.5, 0.6) is 0 Å². The lowest BCUT2D eigenvalue weighted by Gasteiger charge is -2.18. The van der Waals surface area contributed by atoms with Crippen LogP contribution in [0.25, 0.3) is 0 Å². The van der Waals surface area contributed by atoms with Crippen LogP contribution < -0.4 is 5.32 Å². The molecule has 0 unspecified atom stereocenters. The summed E-state index contributed by atoms with van der Waals surface area (Å²) in [6.45, 7) is 7.64. The first-order chi connectivity index (χ1) is 13.4. The number of nitrogens with one attached hydrogen (secondary N) is 1. The highest BCUT2D eigenvalue weighted by molar-refractivity contribution is 7.92. The van der Waals surface area contributed by atoms with E-state index in [1.54, 1.807) is 16.9 Å². The molecule has 3 rings (SSSR count). The molecule has 0 aromatic carbocycles. The highest BCUT2D eigenvalue weighted by atomic mass is 35.5. The van der Waals surface area contributed by atoms with Crippen LogP contribution in [0.1, 0.15) is 18.4 Å². The maximum Gasteiger partial charge on any atom is 0.170 e. The third-order valence-electron chi connectivity index (χ3n) is 5.00. The molecule has 1 aliphatic rings. The number of hydrogen-bond donors (Lipinski definition) is 1. The molecule has 2 heterocycles. The van der Waals surface area contributed by atoms with E-state index in [9.17, 15) is 8.42 Å². The molecule has 0 bridgehead atoms. The van der Waals surface area contributed by atoms with Crippen LogP contribution in [-0.2, 0) is 26.1 Å². The van der Waals surface area contributed by atoms with E-state index >= 15 is 4.39 Å². The first kappa shape index (κ1) is 22.2. The van der Waals surface area contributed by atoms with Gasteiger partial charge in [0.2, 0.25) is 0 Å². The second kappa shape index (κ2) is 7.97. The van der Waals surface area contributed by atoms with Crippen LogP contribution >= 0.6 is 11.6 Å². The Morgan fingerprint density at radius 1 is 1.38 bits per heavy atom. The lowest BCUT2D eigenvalue weighted by atomic mass is 10.1. The fourth-order valence-electron chi connectivity index (χ4n) is 3.06. The van der Waals surface area contributed by atoms with Gasteiger partial charge in [-0.3, -0.25) is 0 Å². The van der Waals surface area contributed by atoms with Crippen molar-refractivity contribution in [2.45, 2.75) is 50.0 Å². The van der Waals surface area contributed by atoms with Gasteiger partial charge >= 0.3 is 0 Å². The second-order valence-corrected chi connectivity index (χ2v) is 16.9. The zero-order chi connectivity index (χ0) is 21.4. The number of ether oxygens (including phenoxy) is 1. The molecule has 0 aliphatic heterocycles. The van der Waals surface area contributed by atoms with Crippen LogP contribution in [0.3, 0.4) is 0 Å². The number of hydrogen-bond acceptors (Lipinski definition) is 6. The second-order valence-electron chi connectivity index (χ2n) is 8.61. The minimum atomic E-state index is -3.49. The van der Waals surface area contributed by atoms with Crippen LogP contribution in [-0.4, -0.2) is 44.1 Å². The topological polar surface area (TPSA) is 86.1 Å². The molecule has 7 nitrogen and oxygen atoms in total. The van der Waals surface area contributed by atoms with Crippen molar-refractivity contribution < 1.29 is 17.5 Å². The Hall–Kier alpha value is -1.49. The lowest BCUT2D eigenvalue weighted by Crippen LogP contribution is -2.22. The van der Waals surface area contributed by atoms with Gasteiger partial charge in [0, 0.05) is 32.6 Å². The molecule has 2 aromatic rings. The molecular formula is C18H26ClFN4O3SSi. The molecule has 1 fully saturated rings. The van der Waals surface area contributed by atoms with Crippen molar-refractivity contribution in [3.63, 3.8) is 0 Å². The number of anilines is 2. The van der Waals surface area contributed by atoms with Crippen LogP contribution in [0, 0.1) is 5.82 Å². The summed E-state index contributed by atoms with van der Waals surface area (Å²) >= 11 is 6.08. The Labute approximate surface area is 176 Å². The largest absolute Gasteiger partial charge is 0.359 e. The van der Waals surface area contributed by atoms with E-state index in [0.29, 0.717) is 25.3 Å². The highest BCUT2D eigenvalue weighted by Crippen LogP contribution is 2.54. The maximum absolute atomic E-state index is 15.2. The first-order valence-electron chi connectivity index (χ1n) is 9.36. The Morgan fingerprint density at radius 3 is 2.66 bits per heavy atom. The van der Waals surface area contributed by atoms with E-state index in [-0.39, 0.29) is 23.3 Å². The van der Waals surface area contributed by atoms with Crippen molar-refractivity contribution in [3.05, 3.63) is 34.9 Å². The first-order valence-corrected chi connectivity index (χ1v) is 15.3. The third kappa shape index (κ3) is 4.99. The van der Waals surface area contributed by atoms with Crippen molar-refractivity contribution in [3.8, 4) is 0 Å². The molecule has 1 saturated carbocycles. The van der Waals surface area contributed by atoms with Crippen molar-refractivity contribution in [1.82, 2.24) is 14.8 Å². The molecule has 1 aliphatic carbocycles. The number of nitrogens with zero attached hydrogens (tertiary/aromatic N) is 3. The zero-order valence-corrected chi connectivity index (χ0v) is 19.6. The van der Waals surface area contributed by atoms with Gasteiger partial charge in [-0.15, -0.1) is 0 Å². The lowest BCUT2D eigenvalue weighted by molar-refractivity contribution is 0.0801. The van der Waals surface area contributed by atoms with Crippen molar-refractivity contribution in [2.75, 3.05) is 18.2 Å². The summed E-state index contributed by atoms with van der Waals surface area (Å²) < 4.78 is 45.6. The predicted octanol–water partition coefficient (Wildman–Crippen LogP) is 4.16. The van der Waals surface area contributed by atoms with Crippen LogP contribution in [0.4, 0.5) is 16.0 Å². The molecule has 0 radical (unpaired) electrons. The number of rotatable bonds is 9. The van der Waals surface area contributed by atoms with E-state index in [2.05, 4.69) is 35.0 Å². The quantitative estimate of drug-likeness (QED) is 0.343. The van der Waals surface area contributed by atoms with Gasteiger partial charge in [0.15, 0.2) is 21.5 Å². The van der Waals surface area contributed by atoms with E-state index in [4.69, 9.17) is 16.3 Å². The van der Waals surface area contributed by atoms with E-state index < -0.39 is 28.5 Å². The van der Waals surface area contributed by atoms with Crippen LogP contribution in [0.15, 0.2) is 18.3 Å². The van der Waals surface area contributed by atoms with Crippen molar-refractivity contribution in [2.24, 2.45) is 0 Å². The third-order valence-corrected chi connectivity index (χ3v) is 8.95. The molecule has 0 spiro atoms. The molecule has 1 N–H and O–H groups in total. The summed E-state index contributed by atoms with van der Waals surface area (Å²) in [5, 5.41) is 7.08. The summed E-state index contributed by atoms with van der Waals surface area (Å²) in [6, 6.07) is 3.98. The zero-order valence-electron chi connectivity index (χ0n) is 17.0. The predicted molar refractivity (Wildman–Crippen MR) is 115 cm³/mol. The van der Waals surface area contributed by atoms with E-state index in [1.807, 2.05) is 0 Å². The van der Waals surface area contributed by atoms with E-state index in [1.165, 1.54) is 6.07 Å². The molecule has 29 heavy (non-hydrogen) atoms. The summed E-state index contributed by atoms with van der Waals surface area (Å²) in [4.78, 5) is 4.01. The van der Waals surface area contributed by atoms with Crippen molar-refractivity contribution >= 4 is 41.1 Å². The monoisotopic (exact) mass is 460 g/mol. The van der Waals surface area contributed by atoms with Crippen molar-refractivity contribution in [1.29, 1.82) is 0 Å². The summed E-state index contributed by atoms with van der Waals surface area (Å²) in [5.41, 5.74) is 0.0555. The van der Waals surface area contributed by atoms with Gasteiger partial charge < -0.3 is 10.1 Å². The Morgan fingerprint density at radius 2 is 2.07 bits per heavy atom. The fourth-order valence-corrected chi connectivity index (χ4v) is 5.40. The average Bonchev–Trinajstić information content (AvgIpc) is 3.30. The standard InChI is InChI=1S/C18H26ClFN4O3SSi/c1-28(25,26)18(6-7-18)13-11-14(19)22-17(16(13)20)23-15-5-8-21-24(15)12-27-9-10-29(2,3)4/h5,8,11H,6-7,9-10,12H2,1-4H3,(H,22,23). The maximum atomic E-state index is 15.2. The number of sulfone groups is 1. The Bertz CT molecular complexity index is 1000. The SMILES string of the molecule is C[Si](C)(C)CCOCn1nccc1Nc1nc(Cl)cc(C2(S(C)(=O)=O)CC2)c1F. The Balaban J connectivity index is 1.80. The molecule has 2 aromatic heterocycles. The molecule has 11 heteroatoms. The summed E-state index contributed by atoms with van der Waals surface area (Å²) in [5.74, 6) is -0.377. The minimum Gasteiger partial charge on any atom is -0.359 e. The molecule has 0 amide bonds. The minimum absolute atomic E-state index is 0.0243. The normalized spacial score (nSPS) is 16.1. The highest BCUT2D eigenvalue weighted by Gasteiger charge is 2.55. The van der Waals surface area contributed by atoms with Gasteiger partial charge in [-0.25, -0.2) is 22.5 Å². The molecule has 160 valence electrons. The number of aromatic nitrogens is 3.